The number of carbonyl (C=O) groups excluding carboxylic acids is 1. The third kappa shape index (κ3) is 2.98. The second-order valence-electron chi connectivity index (χ2n) is 6.04. The van der Waals surface area contributed by atoms with Crippen LogP contribution in [0.3, 0.4) is 0 Å². The largest absolute Gasteiger partial charge is 0.493 e. The maximum Gasteiger partial charge on any atom is 0.261 e. The highest BCUT2D eigenvalue weighted by atomic mass is 16.5. The summed E-state index contributed by atoms with van der Waals surface area (Å²) in [5.41, 5.74) is 1.52. The zero-order valence-corrected chi connectivity index (χ0v) is 13.5. The Bertz CT molecular complexity index is 996. The van der Waals surface area contributed by atoms with Crippen molar-refractivity contribution in [2.24, 2.45) is 0 Å². The van der Waals surface area contributed by atoms with Gasteiger partial charge in [0, 0.05) is 18.0 Å². The van der Waals surface area contributed by atoms with E-state index in [4.69, 9.17) is 4.74 Å². The molecule has 6 heteroatoms. The van der Waals surface area contributed by atoms with Gasteiger partial charge in [0.15, 0.2) is 0 Å². The van der Waals surface area contributed by atoms with Crippen LogP contribution in [0.5, 0.6) is 5.75 Å². The molecule has 0 unspecified atom stereocenters. The Morgan fingerprint density at radius 2 is 2.00 bits per heavy atom. The summed E-state index contributed by atoms with van der Waals surface area (Å²) in [5, 5.41) is 3.39. The molecule has 2 heterocycles. The van der Waals surface area contributed by atoms with Gasteiger partial charge in [-0.1, -0.05) is 30.3 Å². The lowest BCUT2D eigenvalue weighted by atomic mass is 10.0. The minimum absolute atomic E-state index is 0.0497. The van der Waals surface area contributed by atoms with Gasteiger partial charge in [-0.05, 0) is 18.2 Å². The molecule has 0 radical (unpaired) electrons. The van der Waals surface area contributed by atoms with Crippen LogP contribution in [0.15, 0.2) is 59.7 Å². The van der Waals surface area contributed by atoms with Crippen molar-refractivity contribution in [1.29, 1.82) is 0 Å². The number of hydrogen-bond donors (Lipinski definition) is 1. The zero-order valence-electron chi connectivity index (χ0n) is 13.5. The number of nitrogens with zero attached hydrogens (tertiary/aromatic N) is 2. The van der Waals surface area contributed by atoms with Crippen LogP contribution < -0.4 is 15.6 Å². The van der Waals surface area contributed by atoms with Crippen molar-refractivity contribution in [3.8, 4) is 5.75 Å². The first-order chi connectivity index (χ1) is 12.2. The molecule has 3 aromatic rings. The van der Waals surface area contributed by atoms with Crippen molar-refractivity contribution >= 4 is 16.8 Å². The van der Waals surface area contributed by atoms with E-state index in [0.717, 1.165) is 11.3 Å². The van der Waals surface area contributed by atoms with Crippen molar-refractivity contribution in [3.63, 3.8) is 0 Å². The third-order valence-electron chi connectivity index (χ3n) is 4.39. The molecule has 0 saturated heterocycles. The fraction of sp³-hybridized carbons (Fsp3) is 0.211. The molecule has 2 aromatic carbocycles. The molecule has 0 spiro atoms. The van der Waals surface area contributed by atoms with E-state index in [1.165, 1.54) is 10.9 Å². The molecule has 6 nitrogen and oxygen atoms in total. The van der Waals surface area contributed by atoms with E-state index in [1.807, 2.05) is 30.3 Å². The summed E-state index contributed by atoms with van der Waals surface area (Å²) in [6.45, 7) is 0.981. The summed E-state index contributed by atoms with van der Waals surface area (Å²) < 4.78 is 6.94. The normalized spacial score (nSPS) is 15.6. The predicted molar refractivity (Wildman–Crippen MR) is 93.7 cm³/mol. The quantitative estimate of drug-likeness (QED) is 0.787. The summed E-state index contributed by atoms with van der Waals surface area (Å²) in [6.07, 6.45) is 1.41. The maximum atomic E-state index is 12.4. The Hall–Kier alpha value is -3.15. The highest BCUT2D eigenvalue weighted by Crippen LogP contribution is 2.32. The number of fused-ring (bicyclic) bond motifs is 2. The van der Waals surface area contributed by atoms with Crippen LogP contribution in [0.4, 0.5) is 0 Å². The van der Waals surface area contributed by atoms with E-state index in [-0.39, 0.29) is 23.9 Å². The van der Waals surface area contributed by atoms with E-state index < -0.39 is 0 Å². The van der Waals surface area contributed by atoms with E-state index in [1.54, 1.807) is 18.2 Å². The van der Waals surface area contributed by atoms with Crippen LogP contribution in [0.2, 0.25) is 0 Å². The van der Waals surface area contributed by atoms with Crippen LogP contribution in [-0.2, 0) is 11.3 Å². The average Bonchev–Trinajstić information content (AvgIpc) is 3.06. The van der Waals surface area contributed by atoms with Crippen LogP contribution in [0.25, 0.3) is 10.9 Å². The summed E-state index contributed by atoms with van der Waals surface area (Å²) in [6, 6.07) is 14.9. The molecule has 126 valence electrons. The van der Waals surface area contributed by atoms with E-state index in [9.17, 15) is 9.59 Å². The van der Waals surface area contributed by atoms with Crippen molar-refractivity contribution in [2.45, 2.75) is 12.5 Å². The number of aromatic nitrogens is 2. The molecular formula is C19H17N3O3. The van der Waals surface area contributed by atoms with Gasteiger partial charge in [-0.15, -0.1) is 0 Å². The summed E-state index contributed by atoms with van der Waals surface area (Å²) in [4.78, 5) is 28.9. The van der Waals surface area contributed by atoms with Crippen LogP contribution in [-0.4, -0.2) is 28.6 Å². The minimum atomic E-state index is -0.219. The van der Waals surface area contributed by atoms with Crippen molar-refractivity contribution in [3.05, 3.63) is 70.8 Å². The smallest absolute Gasteiger partial charge is 0.261 e. The van der Waals surface area contributed by atoms with Gasteiger partial charge in [-0.25, -0.2) is 4.98 Å². The SMILES string of the molecule is O=C(Cn1cnc2ccccc2c1=O)NC[C@@H]1COc2ccccc21. The molecule has 1 aliphatic heterocycles. The Labute approximate surface area is 144 Å². The van der Waals surface area contributed by atoms with E-state index in [0.29, 0.717) is 24.1 Å². The topological polar surface area (TPSA) is 73.2 Å². The van der Waals surface area contributed by atoms with Gasteiger partial charge >= 0.3 is 0 Å². The van der Waals surface area contributed by atoms with Crippen molar-refractivity contribution < 1.29 is 9.53 Å². The Balaban J connectivity index is 1.43. The fourth-order valence-electron chi connectivity index (χ4n) is 3.06. The summed E-state index contributed by atoms with van der Waals surface area (Å²) in [7, 11) is 0. The summed E-state index contributed by atoms with van der Waals surface area (Å²) >= 11 is 0. The van der Waals surface area contributed by atoms with Crippen LogP contribution in [0.1, 0.15) is 11.5 Å². The molecule has 1 atom stereocenters. The van der Waals surface area contributed by atoms with Crippen LogP contribution >= 0.6 is 0 Å². The molecule has 1 N–H and O–H groups in total. The first-order valence-corrected chi connectivity index (χ1v) is 8.15. The first kappa shape index (κ1) is 15.4. The first-order valence-electron chi connectivity index (χ1n) is 8.15. The number of carbonyl (C=O) groups is 1. The molecule has 1 aliphatic rings. The van der Waals surface area contributed by atoms with Gasteiger partial charge in [0.25, 0.3) is 5.56 Å². The molecule has 4 rings (SSSR count). The van der Waals surface area contributed by atoms with Gasteiger partial charge in [-0.3, -0.25) is 14.2 Å². The lowest BCUT2D eigenvalue weighted by Crippen LogP contribution is -2.35. The van der Waals surface area contributed by atoms with Gasteiger partial charge in [0.05, 0.1) is 23.8 Å². The lowest BCUT2D eigenvalue weighted by Gasteiger charge is -2.11. The number of benzene rings is 2. The lowest BCUT2D eigenvalue weighted by molar-refractivity contribution is -0.121. The molecule has 0 aliphatic carbocycles. The van der Waals surface area contributed by atoms with Gasteiger partial charge in [-0.2, -0.15) is 0 Å². The van der Waals surface area contributed by atoms with E-state index >= 15 is 0 Å². The van der Waals surface area contributed by atoms with Crippen molar-refractivity contribution in [2.75, 3.05) is 13.2 Å². The number of para-hydroxylation sites is 2. The maximum absolute atomic E-state index is 12.4. The third-order valence-corrected chi connectivity index (χ3v) is 4.39. The molecule has 25 heavy (non-hydrogen) atoms. The second kappa shape index (κ2) is 6.39. The Morgan fingerprint density at radius 3 is 2.92 bits per heavy atom. The Kier molecular flexibility index (Phi) is 3.93. The highest BCUT2D eigenvalue weighted by molar-refractivity contribution is 5.78. The minimum Gasteiger partial charge on any atom is -0.493 e. The average molecular weight is 335 g/mol. The van der Waals surface area contributed by atoms with Crippen LogP contribution in [0, 0.1) is 0 Å². The monoisotopic (exact) mass is 335 g/mol. The fourth-order valence-corrected chi connectivity index (χ4v) is 3.06. The van der Waals surface area contributed by atoms with E-state index in [2.05, 4.69) is 10.3 Å². The predicted octanol–water partition coefficient (Wildman–Crippen LogP) is 1.69. The molecule has 0 saturated carbocycles. The molecule has 0 bridgehead atoms. The Morgan fingerprint density at radius 1 is 1.20 bits per heavy atom. The number of rotatable bonds is 4. The van der Waals surface area contributed by atoms with Gasteiger partial charge in [0.1, 0.15) is 12.3 Å². The van der Waals surface area contributed by atoms with Gasteiger partial charge in [0.2, 0.25) is 5.91 Å². The standard InChI is InChI=1S/C19H17N3O3/c23-18(20-9-13-11-25-17-8-4-2-5-14(13)17)10-22-12-21-16-7-3-1-6-15(16)19(22)24/h1-8,12-13H,9-11H2,(H,20,23)/t13-/m1/s1. The molecular weight excluding hydrogens is 318 g/mol. The molecule has 0 fully saturated rings. The second-order valence-corrected chi connectivity index (χ2v) is 6.04. The summed E-state index contributed by atoms with van der Waals surface area (Å²) in [5.74, 6) is 0.784. The zero-order chi connectivity index (χ0) is 17.2. The number of amides is 1. The molecule has 1 aromatic heterocycles. The van der Waals surface area contributed by atoms with Crippen molar-refractivity contribution in [1.82, 2.24) is 14.9 Å². The number of hydrogen-bond acceptors (Lipinski definition) is 4. The number of ether oxygens (including phenoxy) is 1. The highest BCUT2D eigenvalue weighted by Gasteiger charge is 2.23. The molecule has 1 amide bonds. The number of nitrogens with one attached hydrogen (secondary N) is 1. The van der Waals surface area contributed by atoms with Gasteiger partial charge < -0.3 is 10.1 Å².